The van der Waals surface area contributed by atoms with Crippen LogP contribution >= 0.6 is 0 Å². The summed E-state index contributed by atoms with van der Waals surface area (Å²) >= 11 is 0. The molecule has 20 heavy (non-hydrogen) atoms. The molecule has 0 spiro atoms. The molecule has 1 atom stereocenters. The topological polar surface area (TPSA) is 45.9 Å². The van der Waals surface area contributed by atoms with Crippen molar-refractivity contribution < 1.29 is 13.9 Å². The van der Waals surface area contributed by atoms with Crippen LogP contribution in [0.2, 0.25) is 0 Å². The maximum atomic E-state index is 11.6. The van der Waals surface area contributed by atoms with Gasteiger partial charge >= 0.3 is 5.97 Å². The Labute approximate surface area is 119 Å². The molecule has 2 aliphatic rings. The Kier molecular flexibility index (Phi) is 4.08. The number of hydrogen-bond donors (Lipinski definition) is 0. The number of carbonyl (C=O) groups is 1. The van der Waals surface area contributed by atoms with Crippen LogP contribution in [-0.2, 0) is 11.3 Å². The molecule has 0 bridgehead atoms. The molecule has 5 heteroatoms. The van der Waals surface area contributed by atoms with Crippen LogP contribution in [0.5, 0.6) is 0 Å². The monoisotopic (exact) mass is 278 g/mol. The molecule has 0 N–H and O–H groups in total. The average molecular weight is 278 g/mol. The summed E-state index contributed by atoms with van der Waals surface area (Å²) in [5.41, 5.74) is 0.553. The summed E-state index contributed by atoms with van der Waals surface area (Å²) in [5.74, 6) is 0.406. The summed E-state index contributed by atoms with van der Waals surface area (Å²) in [6.45, 7) is 5.32. The molecular formula is C15H22N2O3. The molecule has 0 saturated carbocycles. The molecule has 5 nitrogen and oxygen atoms in total. The standard InChI is InChI=1S/C15H22N2O3/c1-19-15(18)13-5-9-20-14(13)11-16-8-4-12(10-16)17-6-2-3-7-17/h5,9,12H,2-4,6-8,10-11H2,1H3/t12-/m1/s1. The van der Waals surface area contributed by atoms with Crippen molar-refractivity contribution in [1.82, 2.24) is 9.80 Å². The first kappa shape index (κ1) is 13.6. The number of nitrogens with zero attached hydrogens (tertiary/aromatic N) is 2. The van der Waals surface area contributed by atoms with E-state index in [1.165, 1.54) is 39.5 Å². The van der Waals surface area contributed by atoms with Gasteiger partial charge in [-0.25, -0.2) is 4.79 Å². The first-order chi connectivity index (χ1) is 9.78. The van der Waals surface area contributed by atoms with E-state index in [9.17, 15) is 4.79 Å². The van der Waals surface area contributed by atoms with E-state index in [1.54, 1.807) is 12.3 Å². The molecule has 110 valence electrons. The van der Waals surface area contributed by atoms with Gasteiger partial charge in [0.05, 0.1) is 19.9 Å². The van der Waals surface area contributed by atoms with E-state index in [0.29, 0.717) is 18.2 Å². The molecule has 1 aromatic heterocycles. The maximum absolute atomic E-state index is 11.6. The van der Waals surface area contributed by atoms with E-state index in [-0.39, 0.29) is 5.97 Å². The predicted molar refractivity (Wildman–Crippen MR) is 74.5 cm³/mol. The molecule has 3 rings (SSSR count). The molecule has 3 heterocycles. The van der Waals surface area contributed by atoms with Gasteiger partial charge < -0.3 is 9.15 Å². The number of rotatable bonds is 4. The number of furan rings is 1. The number of carbonyl (C=O) groups excluding carboxylic acids is 1. The molecule has 2 fully saturated rings. The van der Waals surface area contributed by atoms with Gasteiger partial charge in [-0.2, -0.15) is 0 Å². The van der Waals surface area contributed by atoms with Crippen LogP contribution in [0.25, 0.3) is 0 Å². The Morgan fingerprint density at radius 1 is 1.40 bits per heavy atom. The van der Waals surface area contributed by atoms with Crippen LogP contribution in [-0.4, -0.2) is 55.1 Å². The number of methoxy groups -OCH3 is 1. The molecule has 2 aliphatic heterocycles. The van der Waals surface area contributed by atoms with E-state index in [1.807, 2.05) is 0 Å². The second kappa shape index (κ2) is 5.97. The van der Waals surface area contributed by atoms with Crippen molar-refractivity contribution in [2.45, 2.75) is 31.8 Å². The van der Waals surface area contributed by atoms with E-state index >= 15 is 0 Å². The largest absolute Gasteiger partial charge is 0.467 e. The highest BCUT2D eigenvalue weighted by atomic mass is 16.5. The van der Waals surface area contributed by atoms with E-state index in [0.717, 1.165) is 18.8 Å². The molecule has 0 aliphatic carbocycles. The smallest absolute Gasteiger partial charge is 0.341 e. The van der Waals surface area contributed by atoms with Crippen molar-refractivity contribution in [1.29, 1.82) is 0 Å². The van der Waals surface area contributed by atoms with Crippen molar-refractivity contribution in [2.75, 3.05) is 33.3 Å². The average Bonchev–Trinajstić information content (AvgIpc) is 3.19. The van der Waals surface area contributed by atoms with Gasteiger partial charge in [0, 0.05) is 19.1 Å². The maximum Gasteiger partial charge on any atom is 0.341 e. The van der Waals surface area contributed by atoms with Gasteiger partial charge in [-0.1, -0.05) is 0 Å². The predicted octanol–water partition coefficient (Wildman–Crippen LogP) is 1.74. The van der Waals surface area contributed by atoms with Gasteiger partial charge in [-0.15, -0.1) is 0 Å². The zero-order chi connectivity index (χ0) is 13.9. The Morgan fingerprint density at radius 2 is 2.20 bits per heavy atom. The molecule has 0 unspecified atom stereocenters. The van der Waals surface area contributed by atoms with Gasteiger partial charge in [0.15, 0.2) is 0 Å². The first-order valence-corrected chi connectivity index (χ1v) is 7.39. The van der Waals surface area contributed by atoms with Gasteiger partial charge in [-0.05, 0) is 38.4 Å². The Hall–Kier alpha value is -1.33. The molecule has 0 aromatic carbocycles. The minimum absolute atomic E-state index is 0.316. The fourth-order valence-electron chi connectivity index (χ4n) is 3.32. The quantitative estimate of drug-likeness (QED) is 0.785. The number of ether oxygens (including phenoxy) is 1. The van der Waals surface area contributed by atoms with Gasteiger partial charge in [0.1, 0.15) is 11.3 Å². The van der Waals surface area contributed by atoms with Crippen LogP contribution in [0.4, 0.5) is 0 Å². The van der Waals surface area contributed by atoms with E-state index in [4.69, 9.17) is 9.15 Å². The summed E-state index contributed by atoms with van der Waals surface area (Å²) in [7, 11) is 1.40. The van der Waals surface area contributed by atoms with Crippen molar-refractivity contribution in [3.05, 3.63) is 23.7 Å². The Morgan fingerprint density at radius 3 is 2.95 bits per heavy atom. The van der Waals surface area contributed by atoms with Crippen molar-refractivity contribution >= 4 is 5.97 Å². The summed E-state index contributed by atoms with van der Waals surface area (Å²) in [5, 5.41) is 0. The summed E-state index contributed by atoms with van der Waals surface area (Å²) < 4.78 is 10.2. The minimum atomic E-state index is -0.316. The van der Waals surface area contributed by atoms with Crippen molar-refractivity contribution in [3.8, 4) is 0 Å². The zero-order valence-electron chi connectivity index (χ0n) is 12.0. The second-order valence-electron chi connectivity index (χ2n) is 5.67. The molecular weight excluding hydrogens is 256 g/mol. The third kappa shape index (κ3) is 2.74. The van der Waals surface area contributed by atoms with Crippen LogP contribution in [0.1, 0.15) is 35.4 Å². The lowest BCUT2D eigenvalue weighted by atomic mass is 10.2. The van der Waals surface area contributed by atoms with Crippen molar-refractivity contribution in [2.24, 2.45) is 0 Å². The highest BCUT2D eigenvalue weighted by Crippen LogP contribution is 2.23. The fourth-order valence-corrected chi connectivity index (χ4v) is 3.32. The number of esters is 1. The molecule has 2 saturated heterocycles. The second-order valence-corrected chi connectivity index (χ2v) is 5.67. The number of hydrogen-bond acceptors (Lipinski definition) is 5. The SMILES string of the molecule is COC(=O)c1ccoc1CN1CC[C@@H](N2CCCC2)C1. The Bertz CT molecular complexity index is 465. The first-order valence-electron chi connectivity index (χ1n) is 7.39. The third-order valence-corrected chi connectivity index (χ3v) is 4.42. The summed E-state index contributed by atoms with van der Waals surface area (Å²) in [4.78, 5) is 16.6. The van der Waals surface area contributed by atoms with E-state index in [2.05, 4.69) is 9.80 Å². The lowest BCUT2D eigenvalue weighted by molar-refractivity contribution is 0.0596. The Balaban J connectivity index is 1.59. The minimum Gasteiger partial charge on any atom is -0.467 e. The van der Waals surface area contributed by atoms with E-state index < -0.39 is 0 Å². The summed E-state index contributed by atoms with van der Waals surface area (Å²) in [6.07, 6.45) is 5.45. The fraction of sp³-hybridized carbons (Fsp3) is 0.667. The lowest BCUT2D eigenvalue weighted by Gasteiger charge is -2.23. The van der Waals surface area contributed by atoms with Gasteiger partial charge in [0.25, 0.3) is 0 Å². The normalized spacial score (nSPS) is 24.4. The number of likely N-dealkylation sites (tertiary alicyclic amines) is 2. The van der Waals surface area contributed by atoms with Gasteiger partial charge in [0.2, 0.25) is 0 Å². The lowest BCUT2D eigenvalue weighted by Crippen LogP contribution is -2.35. The molecule has 0 amide bonds. The molecule has 1 aromatic rings. The van der Waals surface area contributed by atoms with Crippen LogP contribution in [0.15, 0.2) is 16.7 Å². The highest BCUT2D eigenvalue weighted by molar-refractivity contribution is 5.90. The highest BCUT2D eigenvalue weighted by Gasteiger charge is 2.30. The van der Waals surface area contributed by atoms with Crippen LogP contribution < -0.4 is 0 Å². The van der Waals surface area contributed by atoms with Gasteiger partial charge in [-0.3, -0.25) is 9.80 Å². The molecule has 0 radical (unpaired) electrons. The van der Waals surface area contributed by atoms with Crippen LogP contribution in [0.3, 0.4) is 0 Å². The van der Waals surface area contributed by atoms with Crippen LogP contribution in [0, 0.1) is 0 Å². The van der Waals surface area contributed by atoms with Crippen molar-refractivity contribution in [3.63, 3.8) is 0 Å². The third-order valence-electron chi connectivity index (χ3n) is 4.42. The summed E-state index contributed by atoms with van der Waals surface area (Å²) in [6, 6.07) is 2.36. The zero-order valence-corrected chi connectivity index (χ0v) is 12.0.